The molecule has 25 nitrogen and oxygen atoms in total. The van der Waals surface area contributed by atoms with Crippen molar-refractivity contribution in [3.05, 3.63) is 12.2 Å². The third-order valence-corrected chi connectivity index (χ3v) is 18.9. The maximum atomic E-state index is 15.4. The Morgan fingerprint density at radius 3 is 1.38 bits per heavy atom. The number of likely N-dealkylation sites (N-methyl/N-ethyl adjacent to an activating group) is 7. The minimum Gasteiger partial charge on any atom is -0.390 e. The molecule has 0 aromatic heterocycles. The molecule has 2 heterocycles. The lowest BCUT2D eigenvalue weighted by Gasteiger charge is -2.41. The van der Waals surface area contributed by atoms with Crippen molar-refractivity contribution in [3.8, 4) is 0 Å². The average molecular weight is 1360 g/mol. The molecule has 0 unspecified atom stereocenters. The summed E-state index contributed by atoms with van der Waals surface area (Å²) in [6, 6.07) is -14.0. The molecule has 2 aliphatic heterocycles. The van der Waals surface area contributed by atoms with Gasteiger partial charge in [-0.25, -0.2) is 0 Å². The van der Waals surface area contributed by atoms with Gasteiger partial charge in [-0.2, -0.15) is 0 Å². The van der Waals surface area contributed by atoms with Gasteiger partial charge < -0.3 is 70.3 Å². The fourth-order valence-corrected chi connectivity index (χ4v) is 12.8. The quantitative estimate of drug-likeness (QED) is 0.0780. The molecule has 13 atom stereocenters. The van der Waals surface area contributed by atoms with Crippen molar-refractivity contribution in [2.24, 2.45) is 41.4 Å². The number of hydrogen-bond acceptors (Lipinski definition) is 14. The third-order valence-electron chi connectivity index (χ3n) is 18.9. The number of aliphatic hydroxyl groups excluding tert-OH is 1. The monoisotopic (exact) mass is 1360 g/mol. The lowest BCUT2D eigenvalue weighted by Crippen LogP contribution is -2.64. The second-order valence-corrected chi connectivity index (χ2v) is 29.6. The molecule has 2 fully saturated rings. The number of ether oxygens (including phenoxy) is 1. The topological polar surface area (TPSA) is 291 Å². The van der Waals surface area contributed by atoms with Gasteiger partial charge in [0, 0.05) is 62.5 Å². The summed E-state index contributed by atoms with van der Waals surface area (Å²) < 4.78 is 6.27. The van der Waals surface area contributed by atoms with Crippen LogP contribution in [0.3, 0.4) is 0 Å². The fraction of sp³-hybridized carbons (Fsp3) is 0.817. The van der Waals surface area contributed by atoms with E-state index in [0.29, 0.717) is 12.8 Å². The van der Waals surface area contributed by atoms with Crippen LogP contribution in [0.1, 0.15) is 182 Å². The molecule has 2 saturated heterocycles. The Balaban J connectivity index is 3.08. The van der Waals surface area contributed by atoms with Gasteiger partial charge in [-0.1, -0.05) is 116 Å². The van der Waals surface area contributed by atoms with Crippen molar-refractivity contribution in [3.63, 3.8) is 0 Å². The highest BCUT2D eigenvalue weighted by Gasteiger charge is 2.46. The first-order valence-corrected chi connectivity index (χ1v) is 35.4. The first-order valence-electron chi connectivity index (χ1n) is 35.4. The number of nitrogens with zero attached hydrogens (tertiary/aromatic N) is 8. The molecule has 0 bridgehead atoms. The lowest BCUT2D eigenvalue weighted by molar-refractivity contribution is -0.157. The second kappa shape index (κ2) is 40.6. The number of aliphatic hydroxyl groups is 1. The minimum absolute atomic E-state index is 0.0154. The van der Waals surface area contributed by atoms with E-state index in [2.05, 4.69) is 26.2 Å². The number of hydrogen-bond donors (Lipinski definition) is 5. The largest absolute Gasteiger partial charge is 0.390 e. The highest BCUT2D eigenvalue weighted by Crippen LogP contribution is 2.26. The van der Waals surface area contributed by atoms with Crippen LogP contribution in [0.5, 0.6) is 0 Å². The number of amides is 11. The summed E-state index contributed by atoms with van der Waals surface area (Å²) in [5, 5.41) is 23.5. The van der Waals surface area contributed by atoms with Crippen molar-refractivity contribution in [2.45, 2.75) is 254 Å². The maximum Gasteiger partial charge on any atom is 0.248 e. The van der Waals surface area contributed by atoms with Crippen LogP contribution in [0.4, 0.5) is 0 Å². The molecule has 0 spiro atoms. The van der Waals surface area contributed by atoms with E-state index < -0.39 is 155 Å². The van der Waals surface area contributed by atoms with E-state index in [9.17, 15) is 29.1 Å². The van der Waals surface area contributed by atoms with Gasteiger partial charge in [-0.3, -0.25) is 52.7 Å². The van der Waals surface area contributed by atoms with Gasteiger partial charge in [0.1, 0.15) is 66.5 Å². The normalized spacial score (nSPS) is 27.1. The Kier molecular flexibility index (Phi) is 36.3. The molecular formula is C71H128N12O13. The Labute approximate surface area is 576 Å². The zero-order valence-electron chi connectivity index (χ0n) is 63.2. The van der Waals surface area contributed by atoms with Crippen molar-refractivity contribution in [1.29, 1.82) is 0 Å². The van der Waals surface area contributed by atoms with Crippen LogP contribution >= 0.6 is 0 Å². The average Bonchev–Trinajstić information content (AvgIpc) is 0.813. The predicted octanol–water partition coefficient (Wildman–Crippen LogP) is 4.53. The van der Waals surface area contributed by atoms with Gasteiger partial charge in [0.15, 0.2) is 0 Å². The zero-order valence-corrected chi connectivity index (χ0v) is 63.2. The van der Waals surface area contributed by atoms with Crippen LogP contribution in [0.25, 0.3) is 0 Å². The molecule has 96 heavy (non-hydrogen) atoms. The summed E-state index contributed by atoms with van der Waals surface area (Å²) in [5.74, 6) is -10.00. The van der Waals surface area contributed by atoms with Gasteiger partial charge in [0.05, 0.1) is 12.7 Å². The number of piperidine rings is 1. The maximum absolute atomic E-state index is 15.4. The molecule has 2 aliphatic rings. The summed E-state index contributed by atoms with van der Waals surface area (Å²) in [5.41, 5.74) is 0. The second-order valence-electron chi connectivity index (χ2n) is 29.6. The highest BCUT2D eigenvalue weighted by molar-refractivity contribution is 6.00. The van der Waals surface area contributed by atoms with Crippen molar-refractivity contribution in [1.82, 2.24) is 60.5 Å². The van der Waals surface area contributed by atoms with Gasteiger partial charge in [-0.15, -0.1) is 0 Å². The first kappa shape index (κ1) is 85.9. The number of rotatable bonds is 21. The Bertz CT molecular complexity index is 2590. The van der Waals surface area contributed by atoms with Crippen LogP contribution in [0.15, 0.2) is 12.2 Å². The first-order chi connectivity index (χ1) is 44.7. The number of nitrogens with one attached hydrogen (secondary N) is 4. The smallest absolute Gasteiger partial charge is 0.248 e. The summed E-state index contributed by atoms with van der Waals surface area (Å²) in [6.07, 6.45) is 6.90. The Morgan fingerprint density at radius 2 is 0.896 bits per heavy atom. The number of carbonyl (C=O) groups is 11. The van der Waals surface area contributed by atoms with E-state index in [1.807, 2.05) is 68.4 Å². The van der Waals surface area contributed by atoms with E-state index >= 15 is 28.8 Å². The molecule has 0 aromatic rings. The van der Waals surface area contributed by atoms with Crippen molar-refractivity contribution >= 4 is 65.0 Å². The van der Waals surface area contributed by atoms with Gasteiger partial charge in [0.25, 0.3) is 0 Å². The summed E-state index contributed by atoms with van der Waals surface area (Å²) in [6.45, 7) is 32.6. The van der Waals surface area contributed by atoms with Crippen LogP contribution in [-0.4, -0.2) is 264 Å². The molecule has 0 aromatic carbocycles. The number of carbonyl (C=O) groups excluding carboxylic acids is 11. The standard InChI is InChI=1S/C71H128N12O13/c1-25-27-32-48(15)60(84)59-64(88)74-51(26-2)66(90)80(22)56(41-96-36-31-35-83-33-29-28-30-34-83)69(93)76(18)53(38-43(5)6)63(87)75-57(46(11)12)70(94)77(19)52(37-42(3)4)62(86)72-49(16)61(85)73-50(17)65(89)78(20)54(39-44(7)8)67(91)79(21)55(40-45(9)10)68(92)81(23)58(47(13)14)71(95)82(59)24/h25,27,42-60,84H,26,28-41H2,1-24H3,(H,72,86)(H,73,85)(H,74,88)(H,75,87)/b27-25+/t48-,49+,50-,51+,52+,53+,54+,55+,56-,57+,58+,59+,60-/m1/s1. The van der Waals surface area contributed by atoms with Crippen LogP contribution < -0.4 is 21.3 Å². The molecule has 25 heteroatoms. The SMILES string of the molecule is C/C=C/C[C@@H](C)[C@@H](O)[C@H]1C(=O)N[C@@H](CC)C(=O)N(C)[C@H](COCCCN2CCCCC2)C(=O)N(C)[C@@H](CC(C)C)C(=O)N[C@@H](C(C)C)C(=O)N(C)[C@@H](CC(C)C)C(=O)N[C@@H](C)C(=O)N[C@H](C)C(=O)N(C)[C@@H](CC(C)C)C(=O)N(C)[C@@H](CC(C)C)C(=O)N(C)[C@@H](C(C)C)C(=O)N1C. The molecular weight excluding hydrogens is 1230 g/mol. The number of likely N-dealkylation sites (tertiary alicyclic amines) is 1. The molecule has 2 rings (SSSR count). The Morgan fingerprint density at radius 1 is 0.469 bits per heavy atom. The van der Waals surface area contributed by atoms with Crippen LogP contribution in [0, 0.1) is 41.4 Å². The molecule has 0 saturated carbocycles. The van der Waals surface area contributed by atoms with Crippen LogP contribution in [0.2, 0.25) is 0 Å². The third kappa shape index (κ3) is 24.6. The summed E-state index contributed by atoms with van der Waals surface area (Å²) in [4.78, 5) is 175. The molecule has 11 amide bonds. The van der Waals surface area contributed by atoms with Gasteiger partial charge in [-0.05, 0) is 133 Å². The molecule has 0 radical (unpaired) electrons. The van der Waals surface area contributed by atoms with Crippen LogP contribution in [-0.2, 0) is 57.5 Å². The lowest BCUT2D eigenvalue weighted by atomic mass is 9.91. The molecule has 5 N–H and O–H groups in total. The molecule has 550 valence electrons. The summed E-state index contributed by atoms with van der Waals surface area (Å²) in [7, 11) is 10.0. The minimum atomic E-state index is -1.65. The predicted molar refractivity (Wildman–Crippen MR) is 373 cm³/mol. The van der Waals surface area contributed by atoms with Gasteiger partial charge >= 0.3 is 0 Å². The van der Waals surface area contributed by atoms with Crippen molar-refractivity contribution < 1.29 is 62.6 Å². The highest BCUT2D eigenvalue weighted by atomic mass is 16.5. The van der Waals surface area contributed by atoms with E-state index in [4.69, 9.17) is 4.74 Å². The number of allylic oxidation sites excluding steroid dienone is 2. The fourth-order valence-electron chi connectivity index (χ4n) is 12.8. The van der Waals surface area contributed by atoms with Crippen molar-refractivity contribution in [2.75, 3.05) is 82.2 Å². The Hall–Kier alpha value is -6.21. The zero-order chi connectivity index (χ0) is 73.5. The van der Waals surface area contributed by atoms with E-state index in [-0.39, 0.29) is 69.0 Å². The van der Waals surface area contributed by atoms with E-state index in [1.54, 1.807) is 47.6 Å². The van der Waals surface area contributed by atoms with E-state index in [0.717, 1.165) is 37.4 Å². The molecule has 0 aliphatic carbocycles. The van der Waals surface area contributed by atoms with E-state index in [1.165, 1.54) is 99.0 Å². The summed E-state index contributed by atoms with van der Waals surface area (Å²) >= 11 is 0. The van der Waals surface area contributed by atoms with Gasteiger partial charge in [0.2, 0.25) is 65.0 Å².